The van der Waals surface area contributed by atoms with E-state index in [4.69, 9.17) is 56.8 Å². The zero-order valence-corrected chi connectivity index (χ0v) is 44.3. The van der Waals surface area contributed by atoms with Crippen LogP contribution in [0, 0.1) is 11.3 Å². The number of hydrogen-bond acceptors (Lipinski definition) is 27. The zero-order valence-electron chi connectivity index (χ0n) is 44.3. The van der Waals surface area contributed by atoms with Crippen molar-refractivity contribution < 1.29 is 133 Å². The van der Waals surface area contributed by atoms with Crippen LogP contribution in [0.2, 0.25) is 0 Å². The number of carbonyl (C=O) groups excluding carboxylic acids is 3. The van der Waals surface area contributed by atoms with Crippen LogP contribution in [-0.2, 0) is 71.2 Å². The first-order valence-corrected chi connectivity index (χ1v) is 26.4. The minimum atomic E-state index is -1.57. The zero-order chi connectivity index (χ0) is 56.8. The van der Waals surface area contributed by atoms with Crippen LogP contribution in [0.4, 0.5) is 0 Å². The Morgan fingerprint density at radius 1 is 0.429 bits per heavy atom. The number of hydrogen-bond donors (Lipinski definition) is 13. The molecule has 3 saturated heterocycles. The summed E-state index contributed by atoms with van der Waals surface area (Å²) in [5, 5.41) is 121. The van der Waals surface area contributed by atoms with E-state index >= 15 is 0 Å². The molecule has 0 aromatic heterocycles. The van der Waals surface area contributed by atoms with Gasteiger partial charge in [-0.15, -0.1) is 0 Å². The second-order valence-corrected chi connectivity index (χ2v) is 19.7. The molecule has 0 aliphatic carbocycles. The van der Waals surface area contributed by atoms with Gasteiger partial charge in [0.25, 0.3) is 0 Å². The van der Waals surface area contributed by atoms with E-state index in [1.54, 1.807) is 0 Å². The van der Waals surface area contributed by atoms with Crippen molar-refractivity contribution in [1.82, 2.24) is 5.32 Å². The van der Waals surface area contributed by atoms with Crippen molar-refractivity contribution in [3.63, 3.8) is 0 Å². The molecule has 3 aliphatic rings. The quantitative estimate of drug-likeness (QED) is 0.0253. The molecule has 0 saturated carbocycles. The fraction of sp³-hybridized carbons (Fsp3) is 0.939. The SMILES string of the molecule is CC(C)CC(COCCC(=O)CCCOCCOC1OC(CO)C(O)C(O)C1O)(COCCC(=O)CCCOCCOC1OC(CO)C(O)C(O)C1O)COCCC(=O)NCCOCCOC1OC(CO)C(O)C(O)C1O. The highest BCUT2D eigenvalue weighted by Gasteiger charge is 2.46. The van der Waals surface area contributed by atoms with E-state index in [0.29, 0.717) is 19.3 Å². The van der Waals surface area contributed by atoms with Crippen LogP contribution in [0.1, 0.15) is 65.2 Å². The first kappa shape index (κ1) is 69.1. The number of nitrogens with one attached hydrogen (secondary N) is 1. The van der Waals surface area contributed by atoms with Gasteiger partial charge in [-0.2, -0.15) is 0 Å². The fourth-order valence-corrected chi connectivity index (χ4v) is 8.51. The Balaban J connectivity index is 1.39. The van der Waals surface area contributed by atoms with Gasteiger partial charge in [0.2, 0.25) is 5.91 Å². The van der Waals surface area contributed by atoms with Crippen LogP contribution in [0.5, 0.6) is 0 Å². The highest BCUT2D eigenvalue weighted by atomic mass is 16.7. The van der Waals surface area contributed by atoms with Gasteiger partial charge in [-0.1, -0.05) is 13.8 Å². The van der Waals surface area contributed by atoms with Crippen molar-refractivity contribution in [2.45, 2.75) is 157 Å². The average Bonchev–Trinajstić information content (AvgIpc) is 3.40. The van der Waals surface area contributed by atoms with Crippen LogP contribution in [0.25, 0.3) is 0 Å². The summed E-state index contributed by atoms with van der Waals surface area (Å²) < 4.78 is 66.8. The number of aliphatic hydroxyl groups is 12. The Kier molecular flexibility index (Phi) is 34.6. The van der Waals surface area contributed by atoms with Crippen molar-refractivity contribution >= 4 is 17.5 Å². The van der Waals surface area contributed by atoms with E-state index in [2.05, 4.69) is 5.32 Å². The van der Waals surface area contributed by atoms with Gasteiger partial charge in [-0.25, -0.2) is 0 Å². The predicted octanol–water partition coefficient (Wildman–Crippen LogP) is -5.45. The van der Waals surface area contributed by atoms with Crippen LogP contribution >= 0.6 is 0 Å². The largest absolute Gasteiger partial charge is 0.394 e. The van der Waals surface area contributed by atoms with Gasteiger partial charge in [0.1, 0.15) is 84.8 Å². The summed E-state index contributed by atoms with van der Waals surface area (Å²) in [5.41, 5.74) is -0.723. The number of ketones is 2. The molecule has 28 heteroatoms. The maximum absolute atomic E-state index is 12.8. The van der Waals surface area contributed by atoms with Crippen LogP contribution in [0.15, 0.2) is 0 Å². The monoisotopic (exact) mass is 1120 g/mol. The number of Topliss-reactive ketones (excluding diaryl/α,β-unsaturated/α-hetero) is 2. The number of amides is 1. The van der Waals surface area contributed by atoms with Crippen molar-refractivity contribution in [3.05, 3.63) is 0 Å². The number of rotatable bonds is 43. The van der Waals surface area contributed by atoms with Gasteiger partial charge in [-0.3, -0.25) is 14.4 Å². The van der Waals surface area contributed by atoms with Crippen LogP contribution < -0.4 is 5.32 Å². The topological polar surface area (TPSA) is 417 Å². The summed E-state index contributed by atoms with van der Waals surface area (Å²) in [5.74, 6) is -0.276. The Labute approximate surface area is 448 Å². The molecule has 3 aliphatic heterocycles. The summed E-state index contributed by atoms with van der Waals surface area (Å²) in [6, 6.07) is 0. The van der Waals surface area contributed by atoms with Crippen molar-refractivity contribution in [1.29, 1.82) is 0 Å². The molecule has 15 unspecified atom stereocenters. The summed E-state index contributed by atoms with van der Waals surface area (Å²) in [6.07, 6.45) is -18.8. The third-order valence-electron chi connectivity index (χ3n) is 12.7. The summed E-state index contributed by atoms with van der Waals surface area (Å²) >= 11 is 0. The van der Waals surface area contributed by atoms with Crippen molar-refractivity contribution in [2.24, 2.45) is 11.3 Å². The minimum Gasteiger partial charge on any atom is -0.394 e. The number of aliphatic hydroxyl groups excluding tert-OH is 12. The van der Waals surface area contributed by atoms with Gasteiger partial charge in [0.05, 0.1) is 106 Å². The molecule has 452 valence electrons. The molecule has 28 nitrogen and oxygen atoms in total. The standard InChI is InChI=1S/C49H89NO27/c1-30(2)23-49(27-69-13-7-31(54)5-3-11-66-17-20-72-46-43(63)40(60)37(57)33(24-51)75-46,28-70-14-8-32(55)6-4-12-67-18-21-73-47-44(64)41(61)38(58)34(25-52)76-47)29-71-15-9-36(56)50-10-16-68-19-22-74-48-45(65)42(62)39(59)35(26-53)77-48/h30,33-35,37-48,51-53,57-65H,3-29H2,1-2H3,(H,50,56). The highest BCUT2D eigenvalue weighted by molar-refractivity contribution is 5.78. The third-order valence-corrected chi connectivity index (χ3v) is 12.7. The first-order valence-electron chi connectivity index (χ1n) is 26.4. The Bertz CT molecular complexity index is 1410. The van der Waals surface area contributed by atoms with Gasteiger partial charge >= 0.3 is 0 Å². The van der Waals surface area contributed by atoms with Crippen molar-refractivity contribution in [2.75, 3.05) is 125 Å². The normalized spacial score (nSPS) is 30.6. The maximum atomic E-state index is 12.8. The molecule has 0 bridgehead atoms. The minimum absolute atomic E-state index is 0.0205. The lowest BCUT2D eigenvalue weighted by atomic mass is 9.82. The first-order chi connectivity index (χ1) is 36.9. The van der Waals surface area contributed by atoms with Gasteiger partial charge < -0.3 is 123 Å². The molecule has 3 heterocycles. The lowest BCUT2D eigenvalue weighted by Crippen LogP contribution is -2.59. The van der Waals surface area contributed by atoms with E-state index in [1.165, 1.54) is 0 Å². The van der Waals surface area contributed by atoms with E-state index < -0.39 is 117 Å². The molecular weight excluding hydrogens is 1030 g/mol. The smallest absolute Gasteiger partial charge is 0.222 e. The van der Waals surface area contributed by atoms with Gasteiger partial charge in [0, 0.05) is 57.3 Å². The number of ether oxygens (including phenoxy) is 12. The molecule has 1 amide bonds. The molecule has 13 N–H and O–H groups in total. The fourth-order valence-electron chi connectivity index (χ4n) is 8.51. The Hall–Kier alpha value is -2.15. The molecule has 3 fully saturated rings. The lowest BCUT2D eigenvalue weighted by molar-refractivity contribution is -0.302. The second kappa shape index (κ2) is 38.5. The van der Waals surface area contributed by atoms with Gasteiger partial charge in [-0.05, 0) is 25.2 Å². The molecule has 0 radical (unpaired) electrons. The average molecular weight is 1120 g/mol. The highest BCUT2D eigenvalue weighted by Crippen LogP contribution is 2.30. The van der Waals surface area contributed by atoms with E-state index in [1.807, 2.05) is 13.8 Å². The molecule has 77 heavy (non-hydrogen) atoms. The molecule has 0 aromatic rings. The predicted molar refractivity (Wildman–Crippen MR) is 261 cm³/mol. The Morgan fingerprint density at radius 2 is 0.779 bits per heavy atom. The third kappa shape index (κ3) is 25.3. The van der Waals surface area contributed by atoms with Gasteiger partial charge in [0.15, 0.2) is 18.9 Å². The van der Waals surface area contributed by atoms with Crippen molar-refractivity contribution in [3.8, 4) is 0 Å². The summed E-state index contributed by atoms with van der Waals surface area (Å²) in [4.78, 5) is 38.2. The van der Waals surface area contributed by atoms with Crippen LogP contribution in [0.3, 0.4) is 0 Å². The lowest BCUT2D eigenvalue weighted by Gasteiger charge is -2.39. The van der Waals surface area contributed by atoms with E-state index in [0.717, 1.165) is 0 Å². The van der Waals surface area contributed by atoms with Crippen LogP contribution in [-0.4, -0.2) is 296 Å². The van der Waals surface area contributed by atoms with E-state index in [9.17, 15) is 75.7 Å². The molecular formula is C49H89NO27. The summed E-state index contributed by atoms with van der Waals surface area (Å²) in [6.45, 7) is 3.88. The molecule has 0 spiro atoms. The number of carbonyl (C=O) groups is 3. The second-order valence-electron chi connectivity index (χ2n) is 19.7. The Morgan fingerprint density at radius 3 is 1.13 bits per heavy atom. The maximum Gasteiger partial charge on any atom is 0.222 e. The molecule has 3 rings (SSSR count). The molecule has 0 aromatic carbocycles. The molecule has 15 atom stereocenters. The van der Waals surface area contributed by atoms with E-state index in [-0.39, 0.29) is 161 Å². The summed E-state index contributed by atoms with van der Waals surface area (Å²) in [7, 11) is 0.